The number of nitrogens with zero attached hydrogens (tertiary/aromatic N) is 2. The molecular weight excluding hydrogens is 332 g/mol. The molecule has 0 aliphatic rings. The van der Waals surface area contributed by atoms with E-state index >= 15 is 0 Å². The predicted molar refractivity (Wildman–Crippen MR) is 100 cm³/mol. The van der Waals surface area contributed by atoms with Crippen molar-refractivity contribution < 1.29 is 13.7 Å². The Morgan fingerprint density at radius 2 is 2.19 bits per heavy atom. The van der Waals surface area contributed by atoms with Gasteiger partial charge in [0.15, 0.2) is 17.3 Å². The summed E-state index contributed by atoms with van der Waals surface area (Å²) < 4.78 is 16.5. The van der Waals surface area contributed by atoms with Crippen molar-refractivity contribution in [2.24, 2.45) is 4.99 Å². The summed E-state index contributed by atoms with van der Waals surface area (Å²) in [4.78, 5) is 4.53. The van der Waals surface area contributed by atoms with Crippen LogP contribution in [0.1, 0.15) is 38.3 Å². The number of aliphatic imine (C=N–C) groups is 1. The SMILES string of the molecule is CCNC(=NCc1ccon1)NC(C)c1cc2cccc(OCC)c2o1. The Hall–Kier alpha value is -2.96. The zero-order valence-electron chi connectivity index (χ0n) is 15.3. The molecule has 26 heavy (non-hydrogen) atoms. The van der Waals surface area contributed by atoms with Crippen molar-refractivity contribution in [3.8, 4) is 5.75 Å². The molecule has 0 saturated carbocycles. The van der Waals surface area contributed by atoms with Gasteiger partial charge in [0, 0.05) is 18.0 Å². The summed E-state index contributed by atoms with van der Waals surface area (Å²) in [5.74, 6) is 2.27. The van der Waals surface area contributed by atoms with Crippen molar-refractivity contribution in [3.63, 3.8) is 0 Å². The van der Waals surface area contributed by atoms with Gasteiger partial charge in [0.2, 0.25) is 0 Å². The third-order valence-electron chi connectivity index (χ3n) is 3.84. The number of ether oxygens (including phenoxy) is 1. The molecule has 138 valence electrons. The third kappa shape index (κ3) is 4.17. The number of rotatable bonds is 7. The molecule has 7 heteroatoms. The number of furan rings is 1. The maximum Gasteiger partial charge on any atom is 0.192 e. The summed E-state index contributed by atoms with van der Waals surface area (Å²) in [6, 6.07) is 9.66. The Labute approximate surface area is 152 Å². The normalized spacial score (nSPS) is 13.0. The van der Waals surface area contributed by atoms with Crippen molar-refractivity contribution in [3.05, 3.63) is 48.0 Å². The van der Waals surface area contributed by atoms with E-state index in [1.165, 1.54) is 6.26 Å². The zero-order valence-corrected chi connectivity index (χ0v) is 15.3. The van der Waals surface area contributed by atoms with E-state index in [4.69, 9.17) is 13.7 Å². The van der Waals surface area contributed by atoms with Gasteiger partial charge in [0.25, 0.3) is 0 Å². The van der Waals surface area contributed by atoms with Gasteiger partial charge in [-0.05, 0) is 32.9 Å². The Morgan fingerprint density at radius 1 is 1.31 bits per heavy atom. The van der Waals surface area contributed by atoms with Crippen LogP contribution in [0.2, 0.25) is 0 Å². The molecular formula is C19H24N4O3. The van der Waals surface area contributed by atoms with E-state index in [0.717, 1.165) is 34.7 Å². The second-order valence-corrected chi connectivity index (χ2v) is 5.81. The topological polar surface area (TPSA) is 84.8 Å². The van der Waals surface area contributed by atoms with Crippen molar-refractivity contribution in [1.82, 2.24) is 15.8 Å². The van der Waals surface area contributed by atoms with Gasteiger partial charge in [0.05, 0.1) is 19.2 Å². The number of guanidine groups is 1. The molecule has 0 fully saturated rings. The summed E-state index contributed by atoms with van der Waals surface area (Å²) >= 11 is 0. The molecule has 1 atom stereocenters. The summed E-state index contributed by atoms with van der Waals surface area (Å²) in [5, 5.41) is 11.5. The monoisotopic (exact) mass is 356 g/mol. The first-order valence-corrected chi connectivity index (χ1v) is 8.80. The second kappa shape index (κ2) is 8.42. The molecule has 2 aromatic heterocycles. The van der Waals surface area contributed by atoms with Gasteiger partial charge >= 0.3 is 0 Å². The van der Waals surface area contributed by atoms with Crippen LogP contribution in [0.25, 0.3) is 11.0 Å². The number of benzene rings is 1. The van der Waals surface area contributed by atoms with Crippen LogP contribution in [0.4, 0.5) is 0 Å². The highest BCUT2D eigenvalue weighted by Crippen LogP contribution is 2.31. The van der Waals surface area contributed by atoms with Crippen molar-refractivity contribution >= 4 is 16.9 Å². The number of hydrogen-bond acceptors (Lipinski definition) is 5. The zero-order chi connectivity index (χ0) is 18.4. The van der Waals surface area contributed by atoms with E-state index in [1.807, 2.05) is 45.0 Å². The van der Waals surface area contributed by atoms with Gasteiger partial charge in [-0.3, -0.25) is 0 Å². The highest BCUT2D eigenvalue weighted by atomic mass is 16.5. The fraction of sp³-hybridized carbons (Fsp3) is 0.368. The van der Waals surface area contributed by atoms with Crippen LogP contribution in [0.15, 0.2) is 50.5 Å². The Balaban J connectivity index is 1.76. The Morgan fingerprint density at radius 3 is 2.92 bits per heavy atom. The van der Waals surface area contributed by atoms with E-state index in [9.17, 15) is 0 Å². The first kappa shape index (κ1) is 17.8. The van der Waals surface area contributed by atoms with Gasteiger partial charge in [0.1, 0.15) is 17.7 Å². The average Bonchev–Trinajstić information content (AvgIpc) is 3.30. The number of nitrogens with one attached hydrogen (secondary N) is 2. The quantitative estimate of drug-likeness (QED) is 0.497. The molecule has 7 nitrogen and oxygen atoms in total. The minimum atomic E-state index is -0.0630. The van der Waals surface area contributed by atoms with E-state index in [-0.39, 0.29) is 6.04 Å². The fourth-order valence-corrected chi connectivity index (χ4v) is 2.61. The largest absolute Gasteiger partial charge is 0.490 e. The molecule has 0 aliphatic carbocycles. The van der Waals surface area contributed by atoms with Crippen LogP contribution in [0.3, 0.4) is 0 Å². The predicted octanol–water partition coefficient (Wildman–Crippen LogP) is 3.64. The van der Waals surface area contributed by atoms with Crippen LogP contribution in [-0.2, 0) is 6.54 Å². The summed E-state index contributed by atoms with van der Waals surface area (Å²) in [7, 11) is 0. The van der Waals surface area contributed by atoms with Crippen LogP contribution in [-0.4, -0.2) is 24.3 Å². The van der Waals surface area contributed by atoms with Crippen molar-refractivity contribution in [1.29, 1.82) is 0 Å². The smallest absolute Gasteiger partial charge is 0.192 e. The van der Waals surface area contributed by atoms with Crippen molar-refractivity contribution in [2.75, 3.05) is 13.2 Å². The molecule has 0 spiro atoms. The first-order valence-electron chi connectivity index (χ1n) is 8.80. The highest BCUT2D eigenvalue weighted by Gasteiger charge is 2.15. The van der Waals surface area contributed by atoms with Gasteiger partial charge in [-0.1, -0.05) is 17.3 Å². The van der Waals surface area contributed by atoms with Gasteiger partial charge in [-0.15, -0.1) is 0 Å². The van der Waals surface area contributed by atoms with Gasteiger partial charge < -0.3 is 24.3 Å². The van der Waals surface area contributed by atoms with Gasteiger partial charge in [-0.2, -0.15) is 0 Å². The maximum atomic E-state index is 6.05. The Kier molecular flexibility index (Phi) is 5.78. The number of aromatic nitrogens is 1. The third-order valence-corrected chi connectivity index (χ3v) is 3.84. The van der Waals surface area contributed by atoms with Crippen LogP contribution >= 0.6 is 0 Å². The molecule has 3 aromatic rings. The van der Waals surface area contributed by atoms with Crippen LogP contribution < -0.4 is 15.4 Å². The summed E-state index contributed by atoms with van der Waals surface area (Å²) in [6.45, 7) is 7.80. The molecule has 2 heterocycles. The average molecular weight is 356 g/mol. The van der Waals surface area contributed by atoms with E-state index in [1.54, 1.807) is 6.07 Å². The van der Waals surface area contributed by atoms with E-state index in [2.05, 4.69) is 20.8 Å². The molecule has 1 unspecified atom stereocenters. The van der Waals surface area contributed by atoms with Crippen LogP contribution in [0.5, 0.6) is 5.75 Å². The molecule has 1 aromatic carbocycles. The minimum absolute atomic E-state index is 0.0630. The fourth-order valence-electron chi connectivity index (χ4n) is 2.61. The maximum absolute atomic E-state index is 6.05. The Bertz CT molecular complexity index is 855. The van der Waals surface area contributed by atoms with Crippen LogP contribution in [0, 0.1) is 0 Å². The lowest BCUT2D eigenvalue weighted by atomic mass is 10.2. The lowest BCUT2D eigenvalue weighted by Gasteiger charge is -2.15. The summed E-state index contributed by atoms with van der Waals surface area (Å²) in [6.07, 6.45) is 1.54. The first-order chi connectivity index (χ1) is 12.7. The number of fused-ring (bicyclic) bond motifs is 1. The van der Waals surface area contributed by atoms with Crippen molar-refractivity contribution in [2.45, 2.75) is 33.4 Å². The molecule has 3 rings (SSSR count). The lowest BCUT2D eigenvalue weighted by Crippen LogP contribution is -2.38. The standard InChI is InChI=1S/C19H24N4O3/c1-4-20-19(21-12-15-9-10-25-23-15)22-13(3)17-11-14-7-6-8-16(24-5-2)18(14)26-17/h6-11,13H,4-5,12H2,1-3H3,(H2,20,21,22). The molecule has 0 saturated heterocycles. The molecule has 2 N–H and O–H groups in total. The lowest BCUT2D eigenvalue weighted by molar-refractivity contribution is 0.336. The molecule has 0 amide bonds. The highest BCUT2D eigenvalue weighted by molar-refractivity contribution is 5.84. The molecule has 0 radical (unpaired) electrons. The number of para-hydroxylation sites is 1. The second-order valence-electron chi connectivity index (χ2n) is 5.81. The van der Waals surface area contributed by atoms with E-state index < -0.39 is 0 Å². The minimum Gasteiger partial charge on any atom is -0.490 e. The molecule has 0 bridgehead atoms. The van der Waals surface area contributed by atoms with E-state index in [0.29, 0.717) is 19.1 Å². The summed E-state index contributed by atoms with van der Waals surface area (Å²) in [5.41, 5.74) is 1.54. The number of hydrogen-bond donors (Lipinski definition) is 2. The van der Waals surface area contributed by atoms with Gasteiger partial charge in [-0.25, -0.2) is 4.99 Å². The molecule has 0 aliphatic heterocycles.